The molecule has 1 aromatic carbocycles. The molecule has 26 heavy (non-hydrogen) atoms. The van der Waals surface area contributed by atoms with Crippen molar-refractivity contribution in [2.75, 3.05) is 0 Å². The van der Waals surface area contributed by atoms with Crippen molar-refractivity contribution < 1.29 is 99.4 Å². The van der Waals surface area contributed by atoms with Crippen LogP contribution in [0.15, 0.2) is 33.8 Å². The van der Waals surface area contributed by atoms with Gasteiger partial charge in [-0.05, 0) is 32.0 Å². The van der Waals surface area contributed by atoms with Crippen LogP contribution in [0, 0.1) is 0 Å². The number of hydrogen-bond donors (Lipinski definition) is 0. The molecule has 2 rings (SSSR count). The first-order valence-corrected chi connectivity index (χ1v) is 9.22. The van der Waals surface area contributed by atoms with Crippen molar-refractivity contribution in [1.82, 2.24) is 0 Å². The summed E-state index contributed by atoms with van der Waals surface area (Å²) < 4.78 is 72.2. The molecule has 1 aliphatic carbocycles. The normalized spacial score (nSPS) is 14.5. The number of ether oxygens (including phenoxy) is 1. The molecule has 0 amide bonds. The van der Waals surface area contributed by atoms with E-state index in [9.17, 15) is 35.5 Å². The molecule has 1 aromatic rings. The third kappa shape index (κ3) is 5.25. The Morgan fingerprint density at radius 1 is 0.885 bits per heavy atom. The van der Waals surface area contributed by atoms with Gasteiger partial charge in [0.2, 0.25) is 11.6 Å². The molecule has 13 heteroatoms. The molecular formula is C13H10Na2O9S2. The van der Waals surface area contributed by atoms with Gasteiger partial charge in [0.25, 0.3) is 0 Å². The smallest absolute Gasteiger partial charge is 0.744 e. The molecule has 0 fully saturated rings. The summed E-state index contributed by atoms with van der Waals surface area (Å²) >= 11 is 0. The van der Waals surface area contributed by atoms with Gasteiger partial charge in [-0.2, -0.15) is 0 Å². The van der Waals surface area contributed by atoms with Gasteiger partial charge in [-0.3, -0.25) is 9.59 Å². The molecule has 0 heterocycles. The Hall–Kier alpha value is -0.0800. The molecule has 130 valence electrons. The minimum atomic E-state index is -5.39. The number of carbonyl (C=O) groups is 2. The van der Waals surface area contributed by atoms with E-state index in [2.05, 4.69) is 0 Å². The summed E-state index contributed by atoms with van der Waals surface area (Å²) in [5, 5.41) is 0. The summed E-state index contributed by atoms with van der Waals surface area (Å²) in [6.07, 6.45) is -0.712. The van der Waals surface area contributed by atoms with E-state index in [0.29, 0.717) is 6.07 Å². The van der Waals surface area contributed by atoms with E-state index >= 15 is 0 Å². The maximum Gasteiger partial charge on any atom is 1.00 e. The maximum atomic E-state index is 12.3. The van der Waals surface area contributed by atoms with Crippen LogP contribution in [0.2, 0.25) is 0 Å². The molecule has 0 atom stereocenters. The van der Waals surface area contributed by atoms with Crippen LogP contribution in [0.5, 0.6) is 0 Å². The number of hydrogen-bond acceptors (Lipinski definition) is 9. The monoisotopic (exact) mass is 420 g/mol. The van der Waals surface area contributed by atoms with E-state index in [1.54, 1.807) is 0 Å². The van der Waals surface area contributed by atoms with Gasteiger partial charge in [-0.1, -0.05) is 0 Å². The SMILES string of the molecule is CC(C)OC1=C(S(=O)(=O)[O-])C(=O)c2cc(S(=O)(=O)[O-])ccc2C1=O.[Na+].[Na+]. The number of allylic oxidation sites excluding steroid dienone is 2. The summed E-state index contributed by atoms with van der Waals surface area (Å²) in [6.45, 7) is 2.89. The first-order chi connectivity index (χ1) is 10.8. The van der Waals surface area contributed by atoms with Crippen LogP contribution in [0.25, 0.3) is 0 Å². The average molecular weight is 420 g/mol. The van der Waals surface area contributed by atoms with Crippen LogP contribution < -0.4 is 59.1 Å². The first kappa shape index (κ1) is 25.9. The van der Waals surface area contributed by atoms with Crippen molar-refractivity contribution in [2.45, 2.75) is 24.8 Å². The van der Waals surface area contributed by atoms with Crippen molar-refractivity contribution in [3.63, 3.8) is 0 Å². The predicted molar refractivity (Wildman–Crippen MR) is 76.0 cm³/mol. The van der Waals surface area contributed by atoms with Crippen LogP contribution >= 0.6 is 0 Å². The van der Waals surface area contributed by atoms with Gasteiger partial charge in [0, 0.05) is 11.1 Å². The zero-order valence-electron chi connectivity index (χ0n) is 14.3. The Morgan fingerprint density at radius 3 is 1.85 bits per heavy atom. The zero-order chi connectivity index (χ0) is 18.4. The van der Waals surface area contributed by atoms with Crippen LogP contribution in [-0.4, -0.2) is 43.6 Å². The van der Waals surface area contributed by atoms with Crippen molar-refractivity contribution in [3.8, 4) is 0 Å². The molecular weight excluding hydrogens is 410 g/mol. The predicted octanol–water partition coefficient (Wildman–Crippen LogP) is -5.84. The van der Waals surface area contributed by atoms with Crippen molar-refractivity contribution in [2.24, 2.45) is 0 Å². The minimum Gasteiger partial charge on any atom is -0.744 e. The van der Waals surface area contributed by atoms with E-state index in [0.717, 1.165) is 12.1 Å². The van der Waals surface area contributed by atoms with Gasteiger partial charge >= 0.3 is 59.1 Å². The molecule has 9 nitrogen and oxygen atoms in total. The van der Waals surface area contributed by atoms with Gasteiger partial charge < -0.3 is 13.8 Å². The minimum absolute atomic E-state index is 0. The van der Waals surface area contributed by atoms with Crippen LogP contribution in [-0.2, 0) is 25.0 Å². The van der Waals surface area contributed by atoms with Crippen molar-refractivity contribution in [1.29, 1.82) is 0 Å². The fourth-order valence-corrected chi connectivity index (χ4v) is 3.29. The van der Waals surface area contributed by atoms with Gasteiger partial charge in [-0.15, -0.1) is 0 Å². The quantitative estimate of drug-likeness (QED) is 0.342. The summed E-state index contributed by atoms with van der Waals surface area (Å²) in [6, 6.07) is 2.25. The molecule has 0 aliphatic heterocycles. The van der Waals surface area contributed by atoms with E-state index in [4.69, 9.17) is 4.74 Å². The summed E-state index contributed by atoms with van der Waals surface area (Å²) in [4.78, 5) is 22.4. The van der Waals surface area contributed by atoms with E-state index < -0.39 is 59.0 Å². The number of fused-ring (bicyclic) bond motifs is 1. The second-order valence-corrected chi connectivity index (χ2v) is 7.79. The molecule has 0 unspecified atom stereocenters. The number of rotatable bonds is 4. The summed E-state index contributed by atoms with van der Waals surface area (Å²) in [7, 11) is -10.3. The zero-order valence-corrected chi connectivity index (χ0v) is 19.9. The first-order valence-electron chi connectivity index (χ1n) is 6.40. The van der Waals surface area contributed by atoms with Crippen LogP contribution in [0.1, 0.15) is 34.6 Å². The number of carbonyl (C=O) groups excluding carboxylic acids is 2. The Labute approximate surface area is 194 Å². The van der Waals surface area contributed by atoms with Gasteiger partial charge in [0.15, 0.2) is 5.76 Å². The molecule has 0 aromatic heterocycles. The largest absolute Gasteiger partial charge is 1.00 e. The molecule has 0 spiro atoms. The molecule has 0 N–H and O–H groups in total. The van der Waals surface area contributed by atoms with E-state index in [1.807, 2.05) is 0 Å². The molecule has 0 saturated heterocycles. The third-order valence-corrected chi connectivity index (χ3v) is 4.69. The topological polar surface area (TPSA) is 158 Å². The second kappa shape index (κ2) is 8.95. The van der Waals surface area contributed by atoms with Crippen LogP contribution in [0.3, 0.4) is 0 Å². The van der Waals surface area contributed by atoms with Crippen LogP contribution in [0.4, 0.5) is 0 Å². The standard InChI is InChI=1S/C13H12O9S2.2Na/c1-6(2)22-12-10(14)8-4-3-7(23(16,17)18)5-9(8)11(15)13(12)24(19,20)21;;/h3-6H,1-2H3,(H,16,17,18)(H,19,20,21);;/q;2*+1/p-2. The molecule has 0 radical (unpaired) electrons. The van der Waals surface area contributed by atoms with Crippen molar-refractivity contribution in [3.05, 3.63) is 40.0 Å². The molecule has 1 aliphatic rings. The van der Waals surface area contributed by atoms with Gasteiger partial charge in [-0.25, -0.2) is 16.8 Å². The maximum absolute atomic E-state index is 12.3. The third-order valence-electron chi connectivity index (χ3n) is 2.99. The van der Waals surface area contributed by atoms with Crippen molar-refractivity contribution >= 4 is 31.8 Å². The van der Waals surface area contributed by atoms with E-state index in [1.165, 1.54) is 13.8 Å². The van der Waals surface area contributed by atoms with Gasteiger partial charge in [0.1, 0.15) is 25.1 Å². The Kier molecular flexibility index (Phi) is 8.92. The van der Waals surface area contributed by atoms with E-state index in [-0.39, 0.29) is 64.7 Å². The van der Waals surface area contributed by atoms with Gasteiger partial charge in [0.05, 0.1) is 11.0 Å². The molecule has 0 saturated carbocycles. The Morgan fingerprint density at radius 2 is 1.42 bits per heavy atom. The second-order valence-electron chi connectivity index (χ2n) is 5.10. The fourth-order valence-electron chi connectivity index (χ4n) is 2.09. The number of ketones is 2. The number of Topliss-reactive ketones (excluding diaryl/α,β-unsaturated/α-hetero) is 2. The Bertz CT molecular complexity index is 992. The Balaban J connectivity index is 0.00000312. The summed E-state index contributed by atoms with van der Waals surface area (Å²) in [5.74, 6) is -3.39. The summed E-state index contributed by atoms with van der Waals surface area (Å²) in [5.41, 5.74) is -1.03. The molecule has 0 bridgehead atoms. The average Bonchev–Trinajstić information content (AvgIpc) is 2.41. The number of benzene rings is 1. The fraction of sp³-hybridized carbons (Fsp3) is 0.231.